The minimum atomic E-state index is -0.769. The van der Waals surface area contributed by atoms with Gasteiger partial charge in [0.2, 0.25) is 5.91 Å². The van der Waals surface area contributed by atoms with Crippen LogP contribution in [-0.2, 0) is 10.3 Å². The molecule has 1 amide bonds. The molecule has 1 unspecified atom stereocenters. The Morgan fingerprint density at radius 1 is 1.42 bits per heavy atom. The van der Waals surface area contributed by atoms with E-state index in [4.69, 9.17) is 10.5 Å². The van der Waals surface area contributed by atoms with Crippen molar-refractivity contribution >= 4 is 5.91 Å². The Kier molecular flexibility index (Phi) is 4.10. The highest BCUT2D eigenvalue weighted by molar-refractivity contribution is 5.86. The van der Waals surface area contributed by atoms with Crippen LogP contribution in [0.5, 0.6) is 5.75 Å². The topological polar surface area (TPSA) is 64.3 Å². The van der Waals surface area contributed by atoms with E-state index in [9.17, 15) is 4.79 Å². The van der Waals surface area contributed by atoms with Crippen LogP contribution in [0, 0.1) is 5.92 Å². The van der Waals surface area contributed by atoms with Gasteiger partial charge in [0.05, 0.1) is 7.11 Å². The molecule has 1 atom stereocenters. The van der Waals surface area contributed by atoms with Crippen LogP contribution in [0.2, 0.25) is 0 Å². The first-order valence-corrected chi connectivity index (χ1v) is 6.82. The maximum absolute atomic E-state index is 12.0. The average molecular weight is 262 g/mol. The molecule has 0 heterocycles. The highest BCUT2D eigenvalue weighted by atomic mass is 16.5. The van der Waals surface area contributed by atoms with Crippen molar-refractivity contribution in [2.45, 2.75) is 31.7 Å². The Bertz CT molecular complexity index is 440. The number of ether oxygens (including phenoxy) is 1. The summed E-state index contributed by atoms with van der Waals surface area (Å²) in [6.07, 6.45) is 3.13. The van der Waals surface area contributed by atoms with Gasteiger partial charge in [-0.2, -0.15) is 0 Å². The lowest BCUT2D eigenvalue weighted by molar-refractivity contribution is -0.125. The summed E-state index contributed by atoms with van der Waals surface area (Å²) in [6.45, 7) is 2.83. The van der Waals surface area contributed by atoms with E-state index in [0.717, 1.165) is 17.9 Å². The van der Waals surface area contributed by atoms with Gasteiger partial charge in [0.15, 0.2) is 0 Å². The maximum atomic E-state index is 12.0. The molecule has 1 aromatic rings. The van der Waals surface area contributed by atoms with Crippen molar-refractivity contribution in [1.29, 1.82) is 0 Å². The molecule has 4 nitrogen and oxygen atoms in total. The molecule has 0 aliphatic heterocycles. The lowest BCUT2D eigenvalue weighted by Gasteiger charge is -2.31. The van der Waals surface area contributed by atoms with Gasteiger partial charge in [-0.3, -0.25) is 10.1 Å². The molecule has 2 rings (SSSR count). The maximum Gasteiger partial charge on any atom is 0.242 e. The summed E-state index contributed by atoms with van der Waals surface area (Å²) < 4.78 is 5.15. The molecular weight excluding hydrogens is 240 g/mol. The molecule has 0 spiro atoms. The van der Waals surface area contributed by atoms with E-state index < -0.39 is 5.54 Å². The van der Waals surface area contributed by atoms with Crippen molar-refractivity contribution in [3.8, 4) is 5.75 Å². The number of hydrogen-bond acceptors (Lipinski definition) is 3. The standard InChI is InChI=1S/C15H22N2O2/c1-3-15(14(16)18,17-10-11-4-5-11)12-6-8-13(19-2)9-7-12/h6-9,11,17H,3-5,10H2,1-2H3,(H2,16,18). The summed E-state index contributed by atoms with van der Waals surface area (Å²) >= 11 is 0. The molecule has 0 aromatic heterocycles. The molecule has 19 heavy (non-hydrogen) atoms. The Morgan fingerprint density at radius 3 is 2.47 bits per heavy atom. The first-order valence-electron chi connectivity index (χ1n) is 6.82. The molecule has 3 N–H and O–H groups in total. The van der Waals surface area contributed by atoms with Crippen LogP contribution in [-0.4, -0.2) is 19.6 Å². The largest absolute Gasteiger partial charge is 0.497 e. The Balaban J connectivity index is 2.25. The Morgan fingerprint density at radius 2 is 2.05 bits per heavy atom. The van der Waals surface area contributed by atoms with Gasteiger partial charge >= 0.3 is 0 Å². The molecule has 4 heteroatoms. The SMILES string of the molecule is CCC(NCC1CC1)(C(N)=O)c1ccc(OC)cc1. The van der Waals surface area contributed by atoms with Crippen LogP contribution < -0.4 is 15.8 Å². The molecule has 1 aromatic carbocycles. The second-order valence-electron chi connectivity index (χ2n) is 5.18. The Hall–Kier alpha value is -1.55. The molecule has 1 fully saturated rings. The summed E-state index contributed by atoms with van der Waals surface area (Å²) in [4.78, 5) is 12.0. The predicted molar refractivity (Wildman–Crippen MR) is 74.9 cm³/mol. The molecule has 0 radical (unpaired) electrons. The van der Waals surface area contributed by atoms with Gasteiger partial charge in [-0.05, 0) is 49.4 Å². The first kappa shape index (κ1) is 13.9. The van der Waals surface area contributed by atoms with Crippen LogP contribution in [0.15, 0.2) is 24.3 Å². The third-order valence-electron chi connectivity index (χ3n) is 3.92. The van der Waals surface area contributed by atoms with Crippen LogP contribution in [0.3, 0.4) is 0 Å². The van der Waals surface area contributed by atoms with Crippen LogP contribution >= 0.6 is 0 Å². The van der Waals surface area contributed by atoms with Gasteiger partial charge in [0.1, 0.15) is 11.3 Å². The molecule has 1 saturated carbocycles. The summed E-state index contributed by atoms with van der Waals surface area (Å²) in [7, 11) is 1.63. The molecular formula is C15H22N2O2. The van der Waals surface area contributed by atoms with Crippen molar-refractivity contribution in [2.24, 2.45) is 11.7 Å². The third-order valence-corrected chi connectivity index (χ3v) is 3.92. The molecule has 0 saturated heterocycles. The number of nitrogens with two attached hydrogens (primary N) is 1. The number of amides is 1. The van der Waals surface area contributed by atoms with Crippen molar-refractivity contribution < 1.29 is 9.53 Å². The number of methoxy groups -OCH3 is 1. The van der Waals surface area contributed by atoms with E-state index in [0.29, 0.717) is 12.3 Å². The van der Waals surface area contributed by atoms with Gasteiger partial charge in [-0.1, -0.05) is 19.1 Å². The minimum absolute atomic E-state index is 0.319. The van der Waals surface area contributed by atoms with Gasteiger partial charge in [-0.15, -0.1) is 0 Å². The van der Waals surface area contributed by atoms with E-state index in [-0.39, 0.29) is 5.91 Å². The Labute approximate surface area is 114 Å². The summed E-state index contributed by atoms with van der Waals surface area (Å²) in [5, 5.41) is 3.38. The third kappa shape index (κ3) is 2.89. The minimum Gasteiger partial charge on any atom is -0.497 e. The zero-order valence-corrected chi connectivity index (χ0v) is 11.6. The quantitative estimate of drug-likeness (QED) is 0.787. The van der Waals surface area contributed by atoms with Gasteiger partial charge in [-0.25, -0.2) is 0 Å². The van der Waals surface area contributed by atoms with Crippen molar-refractivity contribution in [3.63, 3.8) is 0 Å². The van der Waals surface area contributed by atoms with Gasteiger partial charge in [0, 0.05) is 0 Å². The van der Waals surface area contributed by atoms with Crippen molar-refractivity contribution in [1.82, 2.24) is 5.32 Å². The fraction of sp³-hybridized carbons (Fsp3) is 0.533. The number of carbonyl (C=O) groups excluding carboxylic acids is 1. The smallest absolute Gasteiger partial charge is 0.242 e. The number of nitrogens with one attached hydrogen (secondary N) is 1. The summed E-state index contributed by atoms with van der Waals surface area (Å²) in [5.74, 6) is 1.16. The zero-order valence-electron chi connectivity index (χ0n) is 11.6. The predicted octanol–water partition coefficient (Wildman–Crippen LogP) is 1.79. The number of primary amides is 1. The first-order chi connectivity index (χ1) is 9.12. The summed E-state index contributed by atoms with van der Waals surface area (Å²) in [6, 6.07) is 7.54. The van der Waals surface area contributed by atoms with Crippen LogP contribution in [0.25, 0.3) is 0 Å². The summed E-state index contributed by atoms with van der Waals surface area (Å²) in [5.41, 5.74) is 5.80. The lowest BCUT2D eigenvalue weighted by atomic mass is 9.86. The molecule has 104 valence electrons. The zero-order chi connectivity index (χ0) is 13.9. The second kappa shape index (κ2) is 5.61. The van der Waals surface area contributed by atoms with Crippen molar-refractivity contribution in [3.05, 3.63) is 29.8 Å². The number of rotatable bonds is 7. The highest BCUT2D eigenvalue weighted by Crippen LogP contribution is 2.31. The average Bonchev–Trinajstić information content (AvgIpc) is 3.24. The van der Waals surface area contributed by atoms with Crippen LogP contribution in [0.1, 0.15) is 31.7 Å². The fourth-order valence-corrected chi connectivity index (χ4v) is 2.35. The van der Waals surface area contributed by atoms with E-state index in [1.165, 1.54) is 12.8 Å². The second-order valence-corrected chi connectivity index (χ2v) is 5.18. The van der Waals surface area contributed by atoms with Gasteiger partial charge in [0.25, 0.3) is 0 Å². The monoisotopic (exact) mass is 262 g/mol. The lowest BCUT2D eigenvalue weighted by Crippen LogP contribution is -2.52. The van der Waals surface area contributed by atoms with E-state index >= 15 is 0 Å². The molecule has 0 bridgehead atoms. The van der Waals surface area contributed by atoms with E-state index in [1.807, 2.05) is 31.2 Å². The van der Waals surface area contributed by atoms with E-state index in [2.05, 4.69) is 5.32 Å². The van der Waals surface area contributed by atoms with Crippen molar-refractivity contribution in [2.75, 3.05) is 13.7 Å². The number of carbonyl (C=O) groups is 1. The number of benzene rings is 1. The van der Waals surface area contributed by atoms with E-state index in [1.54, 1.807) is 7.11 Å². The normalized spacial score (nSPS) is 17.8. The molecule has 1 aliphatic rings. The van der Waals surface area contributed by atoms with Gasteiger partial charge < -0.3 is 10.5 Å². The number of hydrogen-bond donors (Lipinski definition) is 2. The fourth-order valence-electron chi connectivity index (χ4n) is 2.35. The van der Waals surface area contributed by atoms with Crippen LogP contribution in [0.4, 0.5) is 0 Å². The highest BCUT2D eigenvalue weighted by Gasteiger charge is 2.37. The molecule has 1 aliphatic carbocycles.